The minimum absolute atomic E-state index is 1.22. The van der Waals surface area contributed by atoms with E-state index in [1.807, 2.05) is 0 Å². The van der Waals surface area contributed by atoms with Gasteiger partial charge in [-0.25, -0.2) is 0 Å². The van der Waals surface area contributed by atoms with Gasteiger partial charge in [0.15, 0.2) is 0 Å². The molecule has 1 aliphatic rings. The highest BCUT2D eigenvalue weighted by Crippen LogP contribution is 2.05. The summed E-state index contributed by atoms with van der Waals surface area (Å²) < 4.78 is 0. The van der Waals surface area contributed by atoms with Gasteiger partial charge in [-0.2, -0.15) is 0 Å². The van der Waals surface area contributed by atoms with E-state index < -0.39 is 0 Å². The van der Waals surface area contributed by atoms with Crippen molar-refractivity contribution in [3.05, 3.63) is 36.0 Å². The Kier molecular flexibility index (Phi) is 3.01. The molecule has 0 nitrogen and oxygen atoms in total. The van der Waals surface area contributed by atoms with Gasteiger partial charge in [-0.15, -0.1) is 0 Å². The molecule has 0 radical (unpaired) electrons. The van der Waals surface area contributed by atoms with E-state index >= 15 is 0 Å². The second-order valence-electron chi connectivity index (χ2n) is 2.67. The Hall–Kier alpha value is -0.780. The van der Waals surface area contributed by atoms with Gasteiger partial charge in [-0.05, 0) is 26.2 Å². The smallest absolute Gasteiger partial charge is 0.0342 e. The van der Waals surface area contributed by atoms with Crippen LogP contribution in [-0.4, -0.2) is 0 Å². The zero-order chi connectivity index (χ0) is 7.23. The van der Waals surface area contributed by atoms with Crippen molar-refractivity contribution in [2.24, 2.45) is 0 Å². The van der Waals surface area contributed by atoms with E-state index in [1.54, 1.807) is 0 Å². The Labute approximate surface area is 62.9 Å². The van der Waals surface area contributed by atoms with Crippen molar-refractivity contribution < 1.29 is 0 Å². The maximum absolute atomic E-state index is 2.30. The minimum atomic E-state index is 1.22. The molecule has 54 valence electrons. The first kappa shape index (κ1) is 7.33. The zero-order valence-electron chi connectivity index (χ0n) is 6.51. The summed E-state index contributed by atoms with van der Waals surface area (Å²) in [7, 11) is 0. The highest BCUT2D eigenvalue weighted by Gasteiger charge is 1.85. The van der Waals surface area contributed by atoms with Gasteiger partial charge in [0.05, 0.1) is 0 Å². The van der Waals surface area contributed by atoms with Gasteiger partial charge in [0.1, 0.15) is 0 Å². The predicted molar refractivity (Wildman–Crippen MR) is 45.9 cm³/mol. The maximum Gasteiger partial charge on any atom is -0.0342 e. The number of hydrogen-bond acceptors (Lipinski definition) is 0. The molecule has 0 unspecified atom stereocenters. The van der Waals surface area contributed by atoms with Crippen LogP contribution in [0.1, 0.15) is 26.2 Å². The second kappa shape index (κ2) is 4.10. The third-order valence-electron chi connectivity index (χ3n) is 1.65. The summed E-state index contributed by atoms with van der Waals surface area (Å²) in [4.78, 5) is 0. The van der Waals surface area contributed by atoms with Crippen LogP contribution in [0.3, 0.4) is 0 Å². The van der Waals surface area contributed by atoms with Crippen LogP contribution in [0.5, 0.6) is 0 Å². The number of hydrogen-bond donors (Lipinski definition) is 0. The van der Waals surface area contributed by atoms with Crippen molar-refractivity contribution in [2.75, 3.05) is 0 Å². The van der Waals surface area contributed by atoms with E-state index in [0.29, 0.717) is 0 Å². The molecule has 1 rings (SSSR count). The van der Waals surface area contributed by atoms with Gasteiger partial charge in [-0.1, -0.05) is 36.0 Å². The molecule has 0 N–H and O–H groups in total. The fraction of sp³-hybridized carbons (Fsp3) is 0.400. The van der Waals surface area contributed by atoms with Crippen molar-refractivity contribution in [1.29, 1.82) is 0 Å². The second-order valence-corrected chi connectivity index (χ2v) is 2.67. The molecule has 0 aromatic carbocycles. The summed E-state index contributed by atoms with van der Waals surface area (Å²) >= 11 is 0. The van der Waals surface area contributed by atoms with Gasteiger partial charge >= 0.3 is 0 Å². The van der Waals surface area contributed by atoms with Gasteiger partial charge in [0.25, 0.3) is 0 Å². The third kappa shape index (κ3) is 2.67. The number of allylic oxidation sites excluding steroid dienone is 6. The Morgan fingerprint density at radius 2 is 2.10 bits per heavy atom. The summed E-state index contributed by atoms with van der Waals surface area (Å²) in [5.74, 6) is 0. The molecule has 0 saturated carbocycles. The van der Waals surface area contributed by atoms with Crippen LogP contribution in [-0.2, 0) is 0 Å². The van der Waals surface area contributed by atoms with Crippen LogP contribution in [0, 0.1) is 0 Å². The molecule has 0 aliphatic heterocycles. The van der Waals surface area contributed by atoms with Crippen LogP contribution in [0.15, 0.2) is 36.0 Å². The van der Waals surface area contributed by atoms with Crippen LogP contribution < -0.4 is 0 Å². The zero-order valence-corrected chi connectivity index (χ0v) is 6.51. The first-order valence-electron chi connectivity index (χ1n) is 3.89. The summed E-state index contributed by atoms with van der Waals surface area (Å²) in [6.45, 7) is 2.15. The normalized spacial score (nSPS) is 30.7. The van der Waals surface area contributed by atoms with Crippen molar-refractivity contribution in [1.82, 2.24) is 0 Å². The van der Waals surface area contributed by atoms with Crippen LogP contribution in [0.25, 0.3) is 0 Å². The molecule has 0 fully saturated rings. The monoisotopic (exact) mass is 134 g/mol. The average Bonchev–Trinajstić information content (AvgIpc) is 2.02. The molecule has 0 heterocycles. The lowest BCUT2D eigenvalue weighted by atomic mass is 10.2. The highest BCUT2D eigenvalue weighted by atomic mass is 13.9. The van der Waals surface area contributed by atoms with Crippen molar-refractivity contribution in [3.8, 4) is 0 Å². The molecule has 0 amide bonds. The van der Waals surface area contributed by atoms with E-state index in [-0.39, 0.29) is 0 Å². The predicted octanol–water partition coefficient (Wildman–Crippen LogP) is 3.23. The van der Waals surface area contributed by atoms with E-state index in [1.165, 1.54) is 24.8 Å². The Balaban J connectivity index is 2.59. The van der Waals surface area contributed by atoms with Crippen LogP contribution in [0.2, 0.25) is 0 Å². The van der Waals surface area contributed by atoms with Crippen LogP contribution >= 0.6 is 0 Å². The average molecular weight is 134 g/mol. The highest BCUT2D eigenvalue weighted by molar-refractivity contribution is 5.20. The minimum Gasteiger partial charge on any atom is -0.0845 e. The summed E-state index contributed by atoms with van der Waals surface area (Å²) in [5.41, 5.74) is 1.38. The first-order valence-corrected chi connectivity index (χ1v) is 3.89. The topological polar surface area (TPSA) is 0 Å². The Bertz CT molecular complexity index is 170. The van der Waals surface area contributed by atoms with Crippen molar-refractivity contribution >= 4 is 0 Å². The Morgan fingerprint density at radius 1 is 1.20 bits per heavy atom. The van der Waals surface area contributed by atoms with E-state index in [2.05, 4.69) is 37.3 Å². The molecule has 0 aromatic heterocycles. The largest absolute Gasteiger partial charge is 0.0845 e. The maximum atomic E-state index is 2.30. The molecule has 0 atom stereocenters. The molecule has 10 heavy (non-hydrogen) atoms. The fourth-order valence-corrected chi connectivity index (χ4v) is 1.02. The lowest BCUT2D eigenvalue weighted by Crippen LogP contribution is -1.69. The standard InChI is InChI=1S/C10H14/c1-10-8-6-4-2-3-5-7-9-10/h2,4,6,8-9H,3,5,7H2,1H3/b4-2+,8-6-,10-9+. The van der Waals surface area contributed by atoms with Gasteiger partial charge < -0.3 is 0 Å². The lowest BCUT2D eigenvalue weighted by Gasteiger charge is -1.90. The molecule has 1 aliphatic carbocycles. The van der Waals surface area contributed by atoms with Gasteiger partial charge in [-0.3, -0.25) is 0 Å². The van der Waals surface area contributed by atoms with E-state index in [9.17, 15) is 0 Å². The molecule has 0 aromatic rings. The third-order valence-corrected chi connectivity index (χ3v) is 1.65. The first-order chi connectivity index (χ1) is 4.89. The summed E-state index contributed by atoms with van der Waals surface area (Å²) in [6.07, 6.45) is 14.6. The quantitative estimate of drug-likeness (QED) is 0.477. The van der Waals surface area contributed by atoms with Crippen LogP contribution in [0.4, 0.5) is 0 Å². The van der Waals surface area contributed by atoms with Gasteiger partial charge in [0, 0.05) is 0 Å². The van der Waals surface area contributed by atoms with Crippen molar-refractivity contribution in [3.63, 3.8) is 0 Å². The van der Waals surface area contributed by atoms with E-state index in [4.69, 9.17) is 0 Å². The van der Waals surface area contributed by atoms with Gasteiger partial charge in [0.2, 0.25) is 0 Å². The number of rotatable bonds is 0. The molecule has 0 spiro atoms. The fourth-order valence-electron chi connectivity index (χ4n) is 1.02. The molecular formula is C10H14. The summed E-state index contributed by atoms with van der Waals surface area (Å²) in [6, 6.07) is 0. The van der Waals surface area contributed by atoms with Crippen molar-refractivity contribution in [2.45, 2.75) is 26.2 Å². The molecule has 0 bridgehead atoms. The SMILES string of the molecule is CC1=C\CCC/C=C/C=C\1. The molecule has 0 saturated heterocycles. The van der Waals surface area contributed by atoms with E-state index in [0.717, 1.165) is 0 Å². The Morgan fingerprint density at radius 3 is 3.00 bits per heavy atom. The summed E-state index contributed by atoms with van der Waals surface area (Å²) in [5, 5.41) is 0. The molecule has 0 heteroatoms. The lowest BCUT2D eigenvalue weighted by molar-refractivity contribution is 0.866. The molecular weight excluding hydrogens is 120 g/mol.